The summed E-state index contributed by atoms with van der Waals surface area (Å²) in [6, 6.07) is 9.08. The first-order valence-corrected chi connectivity index (χ1v) is 7.68. The first-order valence-electron chi connectivity index (χ1n) is 6.80. The summed E-state index contributed by atoms with van der Waals surface area (Å²) in [6.45, 7) is 0. The van der Waals surface area contributed by atoms with Gasteiger partial charge in [-0.15, -0.1) is 11.3 Å². The first-order chi connectivity index (χ1) is 11.4. The number of amides is 1. The van der Waals surface area contributed by atoms with Crippen molar-refractivity contribution >= 4 is 17.2 Å². The van der Waals surface area contributed by atoms with Crippen LogP contribution in [0.1, 0.15) is 16.1 Å². The van der Waals surface area contributed by atoms with Crippen LogP contribution in [0.2, 0.25) is 0 Å². The van der Waals surface area contributed by atoms with Crippen molar-refractivity contribution < 1.29 is 18.0 Å². The summed E-state index contributed by atoms with van der Waals surface area (Å²) in [5.74, 6) is -0.853. The maximum absolute atomic E-state index is 13.4. The van der Waals surface area contributed by atoms with E-state index < -0.39 is 23.3 Å². The van der Waals surface area contributed by atoms with E-state index in [-0.39, 0.29) is 5.13 Å². The van der Waals surface area contributed by atoms with E-state index in [9.17, 15) is 18.0 Å². The zero-order valence-electron chi connectivity index (χ0n) is 12.3. The fraction of sp³-hybridized carbons (Fsp3) is 0.133. The minimum absolute atomic E-state index is 0.0383. The Kier molecular flexibility index (Phi) is 4.10. The molecule has 2 heterocycles. The van der Waals surface area contributed by atoms with Crippen molar-refractivity contribution in [3.05, 3.63) is 53.2 Å². The lowest BCUT2D eigenvalue weighted by Gasteiger charge is -2.10. The average Bonchev–Trinajstić information content (AvgIpc) is 3.21. The monoisotopic (exact) mass is 352 g/mol. The lowest BCUT2D eigenvalue weighted by Crippen LogP contribution is -2.23. The number of halogens is 3. The molecule has 0 saturated heterocycles. The molecular weight excluding hydrogens is 341 g/mol. The summed E-state index contributed by atoms with van der Waals surface area (Å²) in [6.07, 6.45) is -3.85. The smallest absolute Gasteiger partial charge is 0.355 e. The van der Waals surface area contributed by atoms with E-state index in [1.54, 1.807) is 5.38 Å². The lowest BCUT2D eigenvalue weighted by molar-refractivity contribution is -0.143. The highest BCUT2D eigenvalue weighted by molar-refractivity contribution is 7.12. The molecule has 1 N–H and O–H groups in total. The number of hydrogen-bond acceptors (Lipinski definition) is 4. The number of rotatable bonds is 3. The molecule has 0 bridgehead atoms. The molecule has 5 nitrogen and oxygen atoms in total. The highest BCUT2D eigenvalue weighted by Crippen LogP contribution is 2.35. The molecule has 1 amide bonds. The fourth-order valence-electron chi connectivity index (χ4n) is 2.17. The summed E-state index contributed by atoms with van der Waals surface area (Å²) in [4.78, 5) is 15.9. The van der Waals surface area contributed by atoms with Gasteiger partial charge in [-0.3, -0.25) is 4.79 Å². The summed E-state index contributed by atoms with van der Waals surface area (Å²) < 4.78 is 40.8. The molecule has 3 rings (SSSR count). The van der Waals surface area contributed by atoms with Crippen LogP contribution < -0.4 is 5.32 Å². The molecule has 0 spiro atoms. The van der Waals surface area contributed by atoms with E-state index in [1.807, 2.05) is 30.3 Å². The molecule has 124 valence electrons. The summed E-state index contributed by atoms with van der Waals surface area (Å²) in [5, 5.41) is 7.58. The lowest BCUT2D eigenvalue weighted by atomic mass is 10.2. The fourth-order valence-corrected chi connectivity index (χ4v) is 2.97. The van der Waals surface area contributed by atoms with Crippen LogP contribution in [-0.2, 0) is 6.18 Å². The Balaban J connectivity index is 2.09. The van der Waals surface area contributed by atoms with Gasteiger partial charge in [0.15, 0.2) is 5.69 Å². The summed E-state index contributed by atoms with van der Waals surface area (Å²) in [7, 11) is 1.26. The Morgan fingerprint density at radius 3 is 2.58 bits per heavy atom. The van der Waals surface area contributed by atoms with E-state index in [0.717, 1.165) is 23.1 Å². The van der Waals surface area contributed by atoms with Crippen LogP contribution in [0.3, 0.4) is 0 Å². The van der Waals surface area contributed by atoms with Crippen molar-refractivity contribution in [2.24, 2.45) is 0 Å². The molecule has 9 heteroatoms. The largest absolute Gasteiger partial charge is 0.434 e. The van der Waals surface area contributed by atoms with Gasteiger partial charge in [-0.25, -0.2) is 9.67 Å². The molecular formula is C15H11F3N4OS. The standard InChI is InChI=1S/C15H11F3N4OS/c1-19-13(23)10-7-20-22(12(10)15(16,17)18)14-21-11(8-24-14)9-5-3-2-4-6-9/h2-8H,1H3,(H,19,23). The Morgan fingerprint density at radius 1 is 1.25 bits per heavy atom. The normalized spacial score (nSPS) is 11.5. The zero-order chi connectivity index (χ0) is 17.3. The summed E-state index contributed by atoms with van der Waals surface area (Å²) in [5.41, 5.74) is -0.356. The number of alkyl halides is 3. The first kappa shape index (κ1) is 16.2. The number of thiazole rings is 1. The third-order valence-corrected chi connectivity index (χ3v) is 4.07. The molecule has 3 aromatic rings. The third-order valence-electron chi connectivity index (χ3n) is 3.25. The molecule has 0 radical (unpaired) electrons. The minimum Gasteiger partial charge on any atom is -0.355 e. The van der Waals surface area contributed by atoms with Gasteiger partial charge in [0.1, 0.15) is 0 Å². The van der Waals surface area contributed by atoms with Gasteiger partial charge in [-0.2, -0.15) is 18.3 Å². The van der Waals surface area contributed by atoms with E-state index in [4.69, 9.17) is 0 Å². The van der Waals surface area contributed by atoms with E-state index in [0.29, 0.717) is 10.4 Å². The molecule has 24 heavy (non-hydrogen) atoms. The van der Waals surface area contributed by atoms with Crippen molar-refractivity contribution in [1.82, 2.24) is 20.1 Å². The number of nitrogens with one attached hydrogen (secondary N) is 1. The highest BCUT2D eigenvalue weighted by Gasteiger charge is 2.41. The second-order valence-corrected chi connectivity index (χ2v) is 5.61. The van der Waals surface area contributed by atoms with Crippen LogP contribution in [0.5, 0.6) is 0 Å². The SMILES string of the molecule is CNC(=O)c1cnn(-c2nc(-c3ccccc3)cs2)c1C(F)(F)F. The molecule has 0 saturated carbocycles. The van der Waals surface area contributed by atoms with E-state index in [1.165, 1.54) is 7.05 Å². The number of nitrogens with zero attached hydrogens (tertiary/aromatic N) is 3. The van der Waals surface area contributed by atoms with Crippen LogP contribution in [0.4, 0.5) is 13.2 Å². The van der Waals surface area contributed by atoms with Crippen molar-refractivity contribution in [3.63, 3.8) is 0 Å². The highest BCUT2D eigenvalue weighted by atomic mass is 32.1. The molecule has 0 unspecified atom stereocenters. The van der Waals surface area contributed by atoms with Gasteiger partial charge in [0.05, 0.1) is 17.5 Å². The van der Waals surface area contributed by atoms with Gasteiger partial charge in [0, 0.05) is 18.0 Å². The summed E-state index contributed by atoms with van der Waals surface area (Å²) >= 11 is 1.02. The van der Waals surface area contributed by atoms with Crippen LogP contribution in [-0.4, -0.2) is 27.7 Å². The van der Waals surface area contributed by atoms with E-state index >= 15 is 0 Å². The molecule has 0 aliphatic heterocycles. The number of carbonyl (C=O) groups is 1. The predicted octanol–water partition coefficient (Wildman–Crippen LogP) is 3.37. The second kappa shape index (κ2) is 6.08. The topological polar surface area (TPSA) is 59.8 Å². The van der Waals surface area contributed by atoms with Crippen LogP contribution in [0.15, 0.2) is 41.9 Å². The number of benzene rings is 1. The molecule has 2 aromatic heterocycles. The number of aromatic nitrogens is 3. The molecule has 0 aliphatic rings. The van der Waals surface area contributed by atoms with Crippen molar-refractivity contribution in [2.45, 2.75) is 6.18 Å². The minimum atomic E-state index is -4.74. The van der Waals surface area contributed by atoms with Crippen LogP contribution in [0, 0.1) is 0 Å². The quantitative estimate of drug-likeness (QED) is 0.786. The molecule has 0 atom stereocenters. The Labute approximate surface area is 138 Å². The van der Waals surface area contributed by atoms with Gasteiger partial charge in [0.2, 0.25) is 5.13 Å². The van der Waals surface area contributed by atoms with Gasteiger partial charge in [-0.05, 0) is 0 Å². The van der Waals surface area contributed by atoms with Crippen LogP contribution >= 0.6 is 11.3 Å². The Morgan fingerprint density at radius 2 is 1.96 bits per heavy atom. The second-order valence-electron chi connectivity index (χ2n) is 4.78. The Bertz CT molecular complexity index is 870. The van der Waals surface area contributed by atoms with Crippen molar-refractivity contribution in [3.8, 4) is 16.4 Å². The van der Waals surface area contributed by atoms with Gasteiger partial charge in [-0.1, -0.05) is 30.3 Å². The number of carbonyl (C=O) groups excluding carboxylic acids is 1. The van der Waals surface area contributed by atoms with Gasteiger partial charge >= 0.3 is 6.18 Å². The maximum atomic E-state index is 13.4. The van der Waals surface area contributed by atoms with Crippen molar-refractivity contribution in [1.29, 1.82) is 0 Å². The number of hydrogen-bond donors (Lipinski definition) is 1. The third kappa shape index (κ3) is 2.90. The molecule has 1 aromatic carbocycles. The van der Waals surface area contributed by atoms with Crippen LogP contribution in [0.25, 0.3) is 16.4 Å². The van der Waals surface area contributed by atoms with E-state index in [2.05, 4.69) is 15.4 Å². The van der Waals surface area contributed by atoms with Crippen molar-refractivity contribution in [2.75, 3.05) is 7.05 Å². The predicted molar refractivity (Wildman–Crippen MR) is 83.1 cm³/mol. The Hall–Kier alpha value is -2.68. The van der Waals surface area contributed by atoms with Gasteiger partial charge < -0.3 is 5.32 Å². The molecule has 0 fully saturated rings. The molecule has 0 aliphatic carbocycles. The van der Waals surface area contributed by atoms with Gasteiger partial charge in [0.25, 0.3) is 5.91 Å². The maximum Gasteiger partial charge on any atom is 0.434 e. The zero-order valence-corrected chi connectivity index (χ0v) is 13.1. The average molecular weight is 352 g/mol.